The summed E-state index contributed by atoms with van der Waals surface area (Å²) in [4.78, 5) is 0. The summed E-state index contributed by atoms with van der Waals surface area (Å²) >= 11 is 0. The molecule has 0 aromatic heterocycles. The summed E-state index contributed by atoms with van der Waals surface area (Å²) in [6.45, 7) is 3.05. The normalized spacial score (nSPS) is 26.2. The zero-order valence-corrected chi connectivity index (χ0v) is 11.2. The van der Waals surface area contributed by atoms with Gasteiger partial charge in [0.15, 0.2) is 11.5 Å². The van der Waals surface area contributed by atoms with Crippen LogP contribution in [0.1, 0.15) is 24.8 Å². The van der Waals surface area contributed by atoms with Gasteiger partial charge in [0.2, 0.25) is 0 Å². The summed E-state index contributed by atoms with van der Waals surface area (Å²) in [6, 6.07) is 6.10. The van der Waals surface area contributed by atoms with Gasteiger partial charge in [0.25, 0.3) is 0 Å². The molecule has 19 heavy (non-hydrogen) atoms. The average molecular weight is 263 g/mol. The molecule has 1 atom stereocenters. The minimum absolute atomic E-state index is 0.538. The molecular weight excluding hydrogens is 242 g/mol. The first kappa shape index (κ1) is 12.8. The smallest absolute Gasteiger partial charge is 0.161 e. The fourth-order valence-electron chi connectivity index (χ4n) is 2.68. The van der Waals surface area contributed by atoms with Crippen LogP contribution in [0.25, 0.3) is 0 Å². The minimum atomic E-state index is -0.538. The Bertz CT molecular complexity index is 441. The Balaban J connectivity index is 1.66. The Morgan fingerprint density at radius 2 is 2.05 bits per heavy atom. The number of β-amino-alcohol motifs (C(OH)–C–C–N with tert-alkyl or cyclic N) is 1. The Morgan fingerprint density at radius 3 is 2.84 bits per heavy atom. The molecule has 4 nitrogen and oxygen atoms in total. The van der Waals surface area contributed by atoms with Gasteiger partial charge in [-0.1, -0.05) is 6.07 Å². The molecular formula is C15H21NO3. The SMILES string of the molecule is OC1(CCc2ccc3c(c2)OCCCO3)CCNC1. The van der Waals surface area contributed by atoms with Crippen LogP contribution in [-0.4, -0.2) is 37.0 Å². The number of hydrogen-bond donors (Lipinski definition) is 2. The van der Waals surface area contributed by atoms with E-state index in [1.54, 1.807) is 0 Å². The van der Waals surface area contributed by atoms with Gasteiger partial charge in [0, 0.05) is 13.0 Å². The standard InChI is InChI=1S/C15H21NO3/c17-15(6-7-16-11-15)5-4-12-2-3-13-14(10-12)19-9-1-8-18-13/h2-3,10,16-17H,1,4-9,11H2. The molecule has 0 radical (unpaired) electrons. The number of nitrogens with one attached hydrogen (secondary N) is 1. The number of aliphatic hydroxyl groups is 1. The molecule has 104 valence electrons. The van der Waals surface area contributed by atoms with E-state index < -0.39 is 5.60 Å². The van der Waals surface area contributed by atoms with Crippen molar-refractivity contribution in [3.8, 4) is 11.5 Å². The average Bonchev–Trinajstić information content (AvgIpc) is 2.72. The summed E-state index contributed by atoms with van der Waals surface area (Å²) in [6.07, 6.45) is 3.43. The molecule has 2 aliphatic heterocycles. The maximum atomic E-state index is 10.3. The van der Waals surface area contributed by atoms with E-state index in [2.05, 4.69) is 11.4 Å². The van der Waals surface area contributed by atoms with E-state index in [0.29, 0.717) is 13.2 Å². The van der Waals surface area contributed by atoms with E-state index in [-0.39, 0.29) is 0 Å². The second kappa shape index (κ2) is 5.39. The highest BCUT2D eigenvalue weighted by Gasteiger charge is 2.30. The van der Waals surface area contributed by atoms with Crippen molar-refractivity contribution < 1.29 is 14.6 Å². The fourth-order valence-corrected chi connectivity index (χ4v) is 2.68. The summed E-state index contributed by atoms with van der Waals surface area (Å²) in [5, 5.41) is 13.5. The third-order valence-electron chi connectivity index (χ3n) is 3.91. The van der Waals surface area contributed by atoms with Crippen LogP contribution in [0.5, 0.6) is 11.5 Å². The lowest BCUT2D eigenvalue weighted by atomic mass is 9.94. The molecule has 1 aromatic carbocycles. The molecule has 0 aliphatic carbocycles. The van der Waals surface area contributed by atoms with Crippen molar-refractivity contribution in [3.63, 3.8) is 0 Å². The van der Waals surface area contributed by atoms with Crippen molar-refractivity contribution >= 4 is 0 Å². The lowest BCUT2D eigenvalue weighted by molar-refractivity contribution is 0.0526. The topological polar surface area (TPSA) is 50.7 Å². The lowest BCUT2D eigenvalue weighted by Gasteiger charge is -2.21. The van der Waals surface area contributed by atoms with Gasteiger partial charge in [-0.2, -0.15) is 0 Å². The molecule has 1 saturated heterocycles. The molecule has 0 spiro atoms. The summed E-state index contributed by atoms with van der Waals surface area (Å²) in [7, 11) is 0. The van der Waals surface area contributed by atoms with Crippen LogP contribution in [0.15, 0.2) is 18.2 Å². The largest absolute Gasteiger partial charge is 0.490 e. The number of rotatable bonds is 3. The highest BCUT2D eigenvalue weighted by atomic mass is 16.5. The molecule has 2 aliphatic rings. The highest BCUT2D eigenvalue weighted by molar-refractivity contribution is 5.43. The lowest BCUT2D eigenvalue weighted by Crippen LogP contribution is -2.31. The van der Waals surface area contributed by atoms with E-state index in [1.165, 1.54) is 5.56 Å². The predicted octanol–water partition coefficient (Wildman–Crippen LogP) is 1.50. The maximum Gasteiger partial charge on any atom is 0.161 e. The number of hydrogen-bond acceptors (Lipinski definition) is 4. The van der Waals surface area contributed by atoms with E-state index in [0.717, 1.165) is 50.3 Å². The third-order valence-corrected chi connectivity index (χ3v) is 3.91. The molecule has 0 bridgehead atoms. The van der Waals surface area contributed by atoms with Crippen molar-refractivity contribution in [1.82, 2.24) is 5.32 Å². The van der Waals surface area contributed by atoms with Crippen LogP contribution >= 0.6 is 0 Å². The first-order valence-corrected chi connectivity index (χ1v) is 7.07. The van der Waals surface area contributed by atoms with Gasteiger partial charge in [-0.25, -0.2) is 0 Å². The number of aryl methyl sites for hydroxylation is 1. The van der Waals surface area contributed by atoms with Crippen molar-refractivity contribution in [2.45, 2.75) is 31.3 Å². The zero-order valence-electron chi connectivity index (χ0n) is 11.2. The van der Waals surface area contributed by atoms with E-state index >= 15 is 0 Å². The Labute approximate surface area is 113 Å². The zero-order chi connectivity index (χ0) is 13.1. The van der Waals surface area contributed by atoms with Crippen LogP contribution in [0.4, 0.5) is 0 Å². The van der Waals surface area contributed by atoms with Gasteiger partial charge in [0.1, 0.15) is 0 Å². The second-order valence-electron chi connectivity index (χ2n) is 5.48. The van der Waals surface area contributed by atoms with Crippen LogP contribution < -0.4 is 14.8 Å². The first-order chi connectivity index (χ1) is 9.25. The first-order valence-electron chi connectivity index (χ1n) is 7.07. The molecule has 0 amide bonds. The molecule has 4 heteroatoms. The van der Waals surface area contributed by atoms with Crippen molar-refractivity contribution in [2.24, 2.45) is 0 Å². The number of ether oxygens (including phenoxy) is 2. The second-order valence-corrected chi connectivity index (χ2v) is 5.48. The van der Waals surface area contributed by atoms with Gasteiger partial charge in [0.05, 0.1) is 18.8 Å². The number of fused-ring (bicyclic) bond motifs is 1. The minimum Gasteiger partial charge on any atom is -0.490 e. The van der Waals surface area contributed by atoms with Gasteiger partial charge >= 0.3 is 0 Å². The van der Waals surface area contributed by atoms with Crippen molar-refractivity contribution in [2.75, 3.05) is 26.3 Å². The van der Waals surface area contributed by atoms with Crippen LogP contribution in [0.2, 0.25) is 0 Å². The van der Waals surface area contributed by atoms with Crippen molar-refractivity contribution in [3.05, 3.63) is 23.8 Å². The van der Waals surface area contributed by atoms with Crippen molar-refractivity contribution in [1.29, 1.82) is 0 Å². The van der Waals surface area contributed by atoms with E-state index in [4.69, 9.17) is 9.47 Å². The molecule has 1 aromatic rings. The molecule has 2 N–H and O–H groups in total. The Kier molecular flexibility index (Phi) is 3.62. The van der Waals surface area contributed by atoms with Gasteiger partial charge in [-0.3, -0.25) is 0 Å². The van der Waals surface area contributed by atoms with Gasteiger partial charge < -0.3 is 19.9 Å². The summed E-state index contributed by atoms with van der Waals surface area (Å²) in [5.41, 5.74) is 0.661. The molecule has 2 heterocycles. The molecule has 1 fully saturated rings. The van der Waals surface area contributed by atoms with E-state index in [9.17, 15) is 5.11 Å². The molecule has 3 rings (SSSR count). The Hall–Kier alpha value is -1.26. The van der Waals surface area contributed by atoms with E-state index in [1.807, 2.05) is 12.1 Å². The molecule has 0 saturated carbocycles. The maximum absolute atomic E-state index is 10.3. The predicted molar refractivity (Wildman–Crippen MR) is 72.8 cm³/mol. The monoisotopic (exact) mass is 263 g/mol. The quantitative estimate of drug-likeness (QED) is 0.868. The molecule has 1 unspecified atom stereocenters. The van der Waals surface area contributed by atoms with Crippen LogP contribution in [0, 0.1) is 0 Å². The fraction of sp³-hybridized carbons (Fsp3) is 0.600. The highest BCUT2D eigenvalue weighted by Crippen LogP contribution is 2.31. The van der Waals surface area contributed by atoms with Crippen LogP contribution in [0.3, 0.4) is 0 Å². The van der Waals surface area contributed by atoms with Gasteiger partial charge in [-0.15, -0.1) is 0 Å². The summed E-state index contributed by atoms with van der Waals surface area (Å²) in [5.74, 6) is 1.68. The summed E-state index contributed by atoms with van der Waals surface area (Å²) < 4.78 is 11.3. The third kappa shape index (κ3) is 3.01. The van der Waals surface area contributed by atoms with Crippen LogP contribution in [-0.2, 0) is 6.42 Å². The Morgan fingerprint density at radius 1 is 1.21 bits per heavy atom. The van der Waals surface area contributed by atoms with Gasteiger partial charge in [-0.05, 0) is 43.5 Å². The number of benzene rings is 1.